The Morgan fingerprint density at radius 1 is 1.27 bits per heavy atom. The fraction of sp³-hybridized carbons (Fsp3) is 0.538. The molecule has 84 valence electrons. The van der Waals surface area contributed by atoms with Gasteiger partial charge in [-0.1, -0.05) is 32.9 Å². The predicted octanol–water partition coefficient (Wildman–Crippen LogP) is 3.51. The summed E-state index contributed by atoms with van der Waals surface area (Å²) in [4.78, 5) is 1.38. The minimum atomic E-state index is 0.586. The number of hydrogen-bond acceptors (Lipinski definition) is 2. The summed E-state index contributed by atoms with van der Waals surface area (Å²) in [5.41, 5.74) is 1.43. The van der Waals surface area contributed by atoms with E-state index in [1.165, 1.54) is 10.5 Å². The molecule has 1 atom stereocenters. The van der Waals surface area contributed by atoms with E-state index >= 15 is 0 Å². The summed E-state index contributed by atoms with van der Waals surface area (Å²) in [7, 11) is 2.00. The molecule has 0 saturated heterocycles. The van der Waals surface area contributed by atoms with Crippen LogP contribution in [0.1, 0.15) is 32.3 Å². The second kappa shape index (κ2) is 6.19. The highest BCUT2D eigenvalue weighted by Crippen LogP contribution is 2.26. The average molecular weight is 223 g/mol. The lowest BCUT2D eigenvalue weighted by molar-refractivity contribution is 0.676. The Labute approximate surface area is 97.7 Å². The highest BCUT2D eigenvalue weighted by atomic mass is 32.2. The molecule has 0 amide bonds. The van der Waals surface area contributed by atoms with Gasteiger partial charge in [0.05, 0.1) is 0 Å². The molecule has 0 aliphatic heterocycles. The number of rotatable bonds is 5. The Bertz CT molecular complexity index is 296. The topological polar surface area (TPSA) is 12.0 Å². The predicted molar refractivity (Wildman–Crippen MR) is 69.8 cm³/mol. The Morgan fingerprint density at radius 2 is 2.00 bits per heavy atom. The maximum atomic E-state index is 3.22. The molecule has 1 N–H and O–H groups in total. The second-order valence-corrected chi connectivity index (χ2v) is 5.85. The van der Waals surface area contributed by atoms with Crippen molar-refractivity contribution in [2.75, 3.05) is 13.6 Å². The normalized spacial score (nSPS) is 13.1. The number of likely N-dealkylation sites (N-methyl/N-ethyl adjacent to an activating group) is 1. The van der Waals surface area contributed by atoms with Gasteiger partial charge in [-0.3, -0.25) is 0 Å². The highest BCUT2D eigenvalue weighted by molar-refractivity contribution is 7.99. The molecule has 1 nitrogen and oxygen atoms in total. The van der Waals surface area contributed by atoms with Crippen LogP contribution in [0.25, 0.3) is 0 Å². The summed E-state index contributed by atoms with van der Waals surface area (Å²) in [5, 5.41) is 3.87. The Morgan fingerprint density at radius 3 is 2.60 bits per heavy atom. The zero-order valence-corrected chi connectivity index (χ0v) is 10.9. The molecule has 2 heteroatoms. The molecule has 1 rings (SSSR count). The molecule has 0 bridgehead atoms. The van der Waals surface area contributed by atoms with Crippen LogP contribution in [0.15, 0.2) is 29.2 Å². The first kappa shape index (κ1) is 12.6. The first-order valence-corrected chi connectivity index (χ1v) is 6.42. The summed E-state index contributed by atoms with van der Waals surface area (Å²) < 4.78 is 0. The van der Waals surface area contributed by atoms with E-state index in [0.29, 0.717) is 11.2 Å². The Balaban J connectivity index is 2.73. The highest BCUT2D eigenvalue weighted by Gasteiger charge is 2.05. The fourth-order valence-corrected chi connectivity index (χ4v) is 2.50. The van der Waals surface area contributed by atoms with Crippen LogP contribution in [0.5, 0.6) is 0 Å². The summed E-state index contributed by atoms with van der Waals surface area (Å²) in [6, 6.07) is 8.88. The molecular formula is C13H21NS. The van der Waals surface area contributed by atoms with Gasteiger partial charge in [0.2, 0.25) is 0 Å². The zero-order chi connectivity index (χ0) is 11.3. The van der Waals surface area contributed by atoms with Crippen LogP contribution < -0.4 is 5.32 Å². The monoisotopic (exact) mass is 223 g/mol. The largest absolute Gasteiger partial charge is 0.319 e. The smallest absolute Gasteiger partial charge is 0.00774 e. The van der Waals surface area contributed by atoms with Crippen molar-refractivity contribution in [2.45, 2.75) is 36.8 Å². The van der Waals surface area contributed by atoms with Crippen molar-refractivity contribution < 1.29 is 0 Å². The molecule has 0 fully saturated rings. The van der Waals surface area contributed by atoms with Crippen LogP contribution in [0, 0.1) is 0 Å². The lowest BCUT2D eigenvalue weighted by atomic mass is 10.0. The molecule has 0 heterocycles. The standard InChI is InChI=1S/C13H21NS/c1-10(2)15-13-7-5-6-12(8-13)11(3)9-14-4/h5-8,10-11,14H,9H2,1-4H3. The van der Waals surface area contributed by atoms with Gasteiger partial charge in [-0.2, -0.15) is 0 Å². The molecule has 0 spiro atoms. The van der Waals surface area contributed by atoms with Gasteiger partial charge in [0.25, 0.3) is 0 Å². The van der Waals surface area contributed by atoms with Crippen LogP contribution in [0.2, 0.25) is 0 Å². The van der Waals surface area contributed by atoms with Crippen molar-refractivity contribution in [1.29, 1.82) is 0 Å². The van der Waals surface area contributed by atoms with Gasteiger partial charge in [-0.25, -0.2) is 0 Å². The molecule has 1 aromatic carbocycles. The van der Waals surface area contributed by atoms with E-state index in [1.807, 2.05) is 18.8 Å². The van der Waals surface area contributed by atoms with Crippen molar-refractivity contribution in [1.82, 2.24) is 5.32 Å². The molecule has 0 aromatic heterocycles. The van der Waals surface area contributed by atoms with Gasteiger partial charge in [-0.05, 0) is 30.7 Å². The first-order chi connectivity index (χ1) is 7.13. The minimum Gasteiger partial charge on any atom is -0.319 e. The van der Waals surface area contributed by atoms with E-state index in [4.69, 9.17) is 0 Å². The number of benzene rings is 1. The molecule has 1 unspecified atom stereocenters. The van der Waals surface area contributed by atoms with Crippen LogP contribution in [-0.4, -0.2) is 18.8 Å². The summed E-state index contributed by atoms with van der Waals surface area (Å²) in [6.07, 6.45) is 0. The van der Waals surface area contributed by atoms with E-state index in [2.05, 4.69) is 50.4 Å². The Hall–Kier alpha value is -0.470. The number of thioether (sulfide) groups is 1. The molecule has 1 aromatic rings. The summed E-state index contributed by atoms with van der Waals surface area (Å²) in [5.74, 6) is 0.586. The van der Waals surface area contributed by atoms with Crippen LogP contribution in [-0.2, 0) is 0 Å². The zero-order valence-electron chi connectivity index (χ0n) is 10.1. The number of hydrogen-bond donors (Lipinski definition) is 1. The second-order valence-electron chi connectivity index (χ2n) is 4.20. The molecule has 15 heavy (non-hydrogen) atoms. The van der Waals surface area contributed by atoms with Gasteiger partial charge < -0.3 is 5.32 Å². The third-order valence-corrected chi connectivity index (χ3v) is 3.31. The van der Waals surface area contributed by atoms with Crippen LogP contribution >= 0.6 is 11.8 Å². The van der Waals surface area contributed by atoms with Gasteiger partial charge in [-0.15, -0.1) is 11.8 Å². The first-order valence-electron chi connectivity index (χ1n) is 5.54. The van der Waals surface area contributed by atoms with E-state index in [-0.39, 0.29) is 0 Å². The lowest BCUT2D eigenvalue weighted by Crippen LogP contribution is -2.14. The minimum absolute atomic E-state index is 0.586. The lowest BCUT2D eigenvalue weighted by Gasteiger charge is -2.13. The van der Waals surface area contributed by atoms with Gasteiger partial charge in [0.1, 0.15) is 0 Å². The molecule has 0 radical (unpaired) electrons. The van der Waals surface area contributed by atoms with Crippen molar-refractivity contribution in [2.24, 2.45) is 0 Å². The third kappa shape index (κ3) is 4.27. The van der Waals surface area contributed by atoms with Gasteiger partial charge in [0.15, 0.2) is 0 Å². The SMILES string of the molecule is CNCC(C)c1cccc(SC(C)C)c1. The van der Waals surface area contributed by atoms with Gasteiger partial charge in [0, 0.05) is 16.7 Å². The van der Waals surface area contributed by atoms with E-state index in [9.17, 15) is 0 Å². The third-order valence-electron chi connectivity index (χ3n) is 2.31. The fourth-order valence-electron chi connectivity index (χ4n) is 1.59. The maximum absolute atomic E-state index is 3.22. The summed E-state index contributed by atoms with van der Waals surface area (Å²) >= 11 is 1.93. The van der Waals surface area contributed by atoms with Crippen molar-refractivity contribution in [3.63, 3.8) is 0 Å². The molecular weight excluding hydrogens is 202 g/mol. The van der Waals surface area contributed by atoms with Crippen molar-refractivity contribution >= 4 is 11.8 Å². The van der Waals surface area contributed by atoms with Gasteiger partial charge >= 0.3 is 0 Å². The van der Waals surface area contributed by atoms with Crippen molar-refractivity contribution in [3.05, 3.63) is 29.8 Å². The molecule has 0 aliphatic carbocycles. The molecule has 0 aliphatic rings. The quantitative estimate of drug-likeness (QED) is 0.767. The molecule has 0 saturated carbocycles. The maximum Gasteiger partial charge on any atom is 0.00774 e. The van der Waals surface area contributed by atoms with Crippen molar-refractivity contribution in [3.8, 4) is 0 Å². The van der Waals surface area contributed by atoms with Crippen LogP contribution in [0.3, 0.4) is 0 Å². The number of nitrogens with one attached hydrogen (secondary N) is 1. The van der Waals surface area contributed by atoms with E-state index in [1.54, 1.807) is 0 Å². The van der Waals surface area contributed by atoms with Crippen LogP contribution in [0.4, 0.5) is 0 Å². The average Bonchev–Trinajstić information content (AvgIpc) is 2.17. The summed E-state index contributed by atoms with van der Waals surface area (Å²) in [6.45, 7) is 7.76. The van der Waals surface area contributed by atoms with E-state index < -0.39 is 0 Å². The Kier molecular flexibility index (Phi) is 5.20. The van der Waals surface area contributed by atoms with E-state index in [0.717, 1.165) is 6.54 Å².